The lowest BCUT2D eigenvalue weighted by atomic mass is 9.85. The van der Waals surface area contributed by atoms with Crippen molar-refractivity contribution in [3.63, 3.8) is 0 Å². The molecule has 0 bridgehead atoms. The van der Waals surface area contributed by atoms with Crippen molar-refractivity contribution in [1.29, 1.82) is 0 Å². The zero-order chi connectivity index (χ0) is 25.7. The minimum atomic E-state index is -0.803. The predicted molar refractivity (Wildman–Crippen MR) is 138 cm³/mol. The van der Waals surface area contributed by atoms with Gasteiger partial charge in [-0.2, -0.15) is 5.21 Å². The van der Waals surface area contributed by atoms with Crippen molar-refractivity contribution in [3.8, 4) is 0 Å². The molecular weight excluding hydrogens is 476 g/mol. The van der Waals surface area contributed by atoms with Gasteiger partial charge in [0.15, 0.2) is 11.9 Å². The van der Waals surface area contributed by atoms with Gasteiger partial charge in [-0.1, -0.05) is 54.6 Å². The van der Waals surface area contributed by atoms with Crippen molar-refractivity contribution in [1.82, 2.24) is 20.6 Å². The zero-order valence-electron chi connectivity index (χ0n) is 21.2. The average molecular weight is 511 g/mol. The van der Waals surface area contributed by atoms with Gasteiger partial charge in [0.2, 0.25) is 0 Å². The number of ether oxygens (including phenoxy) is 2. The summed E-state index contributed by atoms with van der Waals surface area (Å²) in [7, 11) is 0. The largest absolute Gasteiger partial charge is 0.456 e. The van der Waals surface area contributed by atoms with Gasteiger partial charge in [-0.3, -0.25) is 4.79 Å². The zero-order valence-corrected chi connectivity index (χ0v) is 22.0. The highest BCUT2D eigenvalue weighted by molar-refractivity contribution is 7.99. The van der Waals surface area contributed by atoms with Gasteiger partial charge in [-0.25, -0.2) is 0 Å². The fourth-order valence-electron chi connectivity index (χ4n) is 4.72. The third-order valence-corrected chi connectivity index (χ3v) is 7.65. The number of aromatic amines is 1. The fourth-order valence-corrected chi connectivity index (χ4v) is 5.43. The summed E-state index contributed by atoms with van der Waals surface area (Å²) in [4.78, 5) is 11.5. The Labute approximate surface area is 216 Å². The minimum Gasteiger partial charge on any atom is -0.456 e. The second-order valence-electron chi connectivity index (χ2n) is 9.45. The SMILES string of the molecule is CS[C@H]1O[C@@H](c2ccc(C)c(Cc3ccc(CCCc4nn[nH]n4)cc3)c2)[C@H](C)[C@@H](O)[C@@H]1OC(C)=O. The number of thioether (sulfide) groups is 1. The van der Waals surface area contributed by atoms with E-state index in [4.69, 9.17) is 9.47 Å². The lowest BCUT2D eigenvalue weighted by Crippen LogP contribution is -2.51. The number of H-pyrrole nitrogens is 1. The topological polar surface area (TPSA) is 110 Å². The van der Waals surface area contributed by atoms with Gasteiger partial charge in [0.05, 0.1) is 12.2 Å². The van der Waals surface area contributed by atoms with E-state index in [2.05, 4.69) is 70.0 Å². The number of benzene rings is 2. The summed E-state index contributed by atoms with van der Waals surface area (Å²) in [6.45, 7) is 5.42. The Morgan fingerprint density at radius 2 is 1.92 bits per heavy atom. The average Bonchev–Trinajstić information content (AvgIpc) is 3.38. The van der Waals surface area contributed by atoms with Crippen molar-refractivity contribution < 1.29 is 19.4 Å². The summed E-state index contributed by atoms with van der Waals surface area (Å²) < 4.78 is 11.7. The van der Waals surface area contributed by atoms with Crippen LogP contribution in [0.3, 0.4) is 0 Å². The van der Waals surface area contributed by atoms with Gasteiger partial charge in [0, 0.05) is 19.3 Å². The molecule has 4 rings (SSSR count). The number of hydrogen-bond acceptors (Lipinski definition) is 8. The van der Waals surface area contributed by atoms with Gasteiger partial charge in [-0.05, 0) is 60.3 Å². The maximum atomic E-state index is 11.5. The first-order chi connectivity index (χ1) is 17.4. The summed E-state index contributed by atoms with van der Waals surface area (Å²) >= 11 is 1.44. The molecule has 36 heavy (non-hydrogen) atoms. The Morgan fingerprint density at radius 3 is 2.58 bits per heavy atom. The maximum absolute atomic E-state index is 11.5. The number of hydrogen-bond donors (Lipinski definition) is 2. The lowest BCUT2D eigenvalue weighted by molar-refractivity contribution is -0.194. The molecule has 1 aromatic heterocycles. The van der Waals surface area contributed by atoms with Crippen LogP contribution in [-0.4, -0.2) is 55.6 Å². The van der Waals surface area contributed by atoms with Gasteiger partial charge < -0.3 is 14.6 Å². The second-order valence-corrected chi connectivity index (χ2v) is 10.4. The van der Waals surface area contributed by atoms with E-state index in [-0.39, 0.29) is 12.0 Å². The highest BCUT2D eigenvalue weighted by Gasteiger charge is 2.45. The standard InChI is InChI=1S/C27H34N4O4S/c1-16-8-13-21(25-17(2)24(33)26(34-18(3)32)27(35-25)36-4)15-22(16)14-20-11-9-19(10-12-20)6-5-7-23-28-30-31-29-23/h8-13,15,17,24-27,33H,5-7,14H2,1-4H3,(H,28,29,30,31)/t17-,24-,25-,26+,27-/m1/s1. The molecule has 2 aromatic carbocycles. The van der Waals surface area contributed by atoms with Crippen LogP contribution in [0.1, 0.15) is 60.0 Å². The molecule has 192 valence electrons. The van der Waals surface area contributed by atoms with Crippen LogP contribution < -0.4 is 0 Å². The molecule has 3 aromatic rings. The highest BCUT2D eigenvalue weighted by atomic mass is 32.2. The van der Waals surface area contributed by atoms with E-state index in [1.165, 1.54) is 40.9 Å². The first-order valence-electron chi connectivity index (χ1n) is 12.3. The summed E-state index contributed by atoms with van der Waals surface area (Å²) in [6.07, 6.45) is 3.69. The van der Waals surface area contributed by atoms with Crippen molar-refractivity contribution in [2.24, 2.45) is 5.92 Å². The number of carbonyl (C=O) groups excluding carboxylic acids is 1. The van der Waals surface area contributed by atoms with Crippen LogP contribution in [0, 0.1) is 12.8 Å². The molecule has 0 unspecified atom stereocenters. The van der Waals surface area contributed by atoms with Crippen LogP contribution in [-0.2, 0) is 33.5 Å². The highest BCUT2D eigenvalue weighted by Crippen LogP contribution is 2.41. The third kappa shape index (κ3) is 6.32. The third-order valence-electron chi connectivity index (χ3n) is 6.81. The van der Waals surface area contributed by atoms with Crippen LogP contribution in [0.25, 0.3) is 0 Å². The molecule has 1 fully saturated rings. The van der Waals surface area contributed by atoms with E-state index < -0.39 is 23.6 Å². The van der Waals surface area contributed by atoms with E-state index in [0.717, 1.165) is 37.1 Å². The molecule has 2 heterocycles. The summed E-state index contributed by atoms with van der Waals surface area (Å²) in [5.74, 6) is 0.111. The Hall–Kier alpha value is -2.75. The van der Waals surface area contributed by atoms with Gasteiger partial charge >= 0.3 is 5.97 Å². The van der Waals surface area contributed by atoms with Crippen LogP contribution in [0.2, 0.25) is 0 Å². The van der Waals surface area contributed by atoms with E-state index >= 15 is 0 Å². The molecule has 0 spiro atoms. The predicted octanol–water partition coefficient (Wildman–Crippen LogP) is 3.96. The Kier molecular flexibility index (Phi) is 8.77. The Balaban J connectivity index is 1.43. The minimum absolute atomic E-state index is 0.222. The van der Waals surface area contributed by atoms with Gasteiger partial charge in [0.25, 0.3) is 0 Å². The molecule has 5 atom stereocenters. The number of nitrogens with one attached hydrogen (secondary N) is 1. The van der Waals surface area contributed by atoms with Crippen molar-refractivity contribution >= 4 is 17.7 Å². The van der Waals surface area contributed by atoms with Crippen molar-refractivity contribution in [2.75, 3.05) is 6.26 Å². The number of aromatic nitrogens is 4. The molecule has 2 N–H and O–H groups in total. The first-order valence-corrected chi connectivity index (χ1v) is 13.6. The second kappa shape index (κ2) is 12.0. The van der Waals surface area contributed by atoms with E-state index in [9.17, 15) is 9.90 Å². The maximum Gasteiger partial charge on any atom is 0.303 e. The number of aliphatic hydroxyl groups excluding tert-OH is 1. The molecule has 0 saturated carbocycles. The molecule has 8 nitrogen and oxygen atoms in total. The Morgan fingerprint density at radius 1 is 1.17 bits per heavy atom. The molecule has 0 amide bonds. The first kappa shape index (κ1) is 26.3. The Bertz CT molecular complexity index is 1140. The van der Waals surface area contributed by atoms with Crippen molar-refractivity contribution in [3.05, 3.63) is 76.1 Å². The molecule has 0 radical (unpaired) electrons. The number of nitrogens with zero attached hydrogens (tertiary/aromatic N) is 3. The van der Waals surface area contributed by atoms with Gasteiger partial charge in [-0.15, -0.1) is 22.0 Å². The van der Waals surface area contributed by atoms with Crippen LogP contribution in [0.15, 0.2) is 42.5 Å². The van der Waals surface area contributed by atoms with Crippen LogP contribution in [0.4, 0.5) is 0 Å². The number of tetrazole rings is 1. The normalized spacial score (nSPS) is 24.0. The summed E-state index contributed by atoms with van der Waals surface area (Å²) in [5.41, 5.74) is 5.57. The summed E-state index contributed by atoms with van der Waals surface area (Å²) in [6, 6.07) is 15.1. The molecule has 1 saturated heterocycles. The smallest absolute Gasteiger partial charge is 0.303 e. The molecule has 1 aliphatic heterocycles. The fraction of sp³-hybridized carbons (Fsp3) is 0.481. The van der Waals surface area contributed by atoms with Gasteiger partial charge in [0.1, 0.15) is 5.44 Å². The number of esters is 1. The van der Waals surface area contributed by atoms with Crippen LogP contribution in [0.5, 0.6) is 0 Å². The number of rotatable bonds is 9. The monoisotopic (exact) mass is 510 g/mol. The van der Waals surface area contributed by atoms with E-state index in [0.29, 0.717) is 0 Å². The number of carbonyl (C=O) groups is 1. The molecule has 9 heteroatoms. The molecular formula is C27H34N4O4S. The quantitative estimate of drug-likeness (QED) is 0.416. The van der Waals surface area contributed by atoms with E-state index in [1.54, 1.807) is 0 Å². The van der Waals surface area contributed by atoms with Crippen LogP contribution >= 0.6 is 11.8 Å². The summed E-state index contributed by atoms with van der Waals surface area (Å²) in [5, 5.41) is 25.0. The molecule has 0 aliphatic carbocycles. The van der Waals surface area contributed by atoms with Crippen molar-refractivity contribution in [2.45, 2.75) is 70.2 Å². The number of aryl methyl sites for hydroxylation is 3. The van der Waals surface area contributed by atoms with E-state index in [1.807, 2.05) is 13.2 Å². The molecule has 1 aliphatic rings. The lowest BCUT2D eigenvalue weighted by Gasteiger charge is -2.42. The number of aliphatic hydroxyl groups is 1.